The van der Waals surface area contributed by atoms with Gasteiger partial charge in [-0.2, -0.15) is 19.9 Å². The van der Waals surface area contributed by atoms with Gasteiger partial charge in [-0.05, 0) is 173 Å². The van der Waals surface area contributed by atoms with Crippen LogP contribution in [0.3, 0.4) is 0 Å². The van der Waals surface area contributed by atoms with Crippen LogP contribution in [-0.2, 0) is 32.2 Å². The number of likely N-dealkylation sites (N-methyl/N-ethyl adjacent to an activating group) is 2. The first-order valence-corrected chi connectivity index (χ1v) is 39.1. The van der Waals surface area contributed by atoms with Crippen LogP contribution in [-0.4, -0.2) is 138 Å². The highest BCUT2D eigenvalue weighted by Gasteiger charge is 2.17. The van der Waals surface area contributed by atoms with Gasteiger partial charge >= 0.3 is 0 Å². The van der Waals surface area contributed by atoms with Crippen molar-refractivity contribution in [2.75, 3.05) is 108 Å². The highest BCUT2D eigenvalue weighted by atomic mass is 19.1. The molecule has 0 radical (unpaired) electrons. The molecule has 9 N–H and O–H groups in total. The molecule has 1 saturated heterocycles. The number of ether oxygens (including phenoxy) is 3. The molecular weight excluding hydrogens is 1560 g/mol. The number of carbonyl (C=O) groups excluding carboxylic acids is 4. The molecule has 0 bridgehead atoms. The summed E-state index contributed by atoms with van der Waals surface area (Å²) in [7, 11) is 3.50. The van der Waals surface area contributed by atoms with Gasteiger partial charge in [-0.25, -0.2) is 28.7 Å². The predicted octanol–water partition coefficient (Wildman–Crippen LogP) is 18.4. The third-order valence-corrected chi connectivity index (χ3v) is 17.7. The van der Waals surface area contributed by atoms with E-state index in [0.29, 0.717) is 71.3 Å². The van der Waals surface area contributed by atoms with Crippen molar-refractivity contribution in [2.45, 2.75) is 47.2 Å². The van der Waals surface area contributed by atoms with Gasteiger partial charge in [-0.1, -0.05) is 122 Å². The molecule has 27 nitrogen and oxygen atoms in total. The number of hydrogen-bond acceptors (Lipinski definition) is 24. The van der Waals surface area contributed by atoms with Crippen LogP contribution < -0.4 is 57.3 Å². The number of nitrogens with zero attached hydrogens (tertiary/aromatic N) is 11. The van der Waals surface area contributed by atoms with E-state index in [1.54, 1.807) is 115 Å². The highest BCUT2D eigenvalue weighted by molar-refractivity contribution is 6.05. The molecular formula is C94H96F2N20O7. The monoisotopic (exact) mass is 1650 g/mol. The normalized spacial score (nSPS) is 11.1. The Morgan fingerprint density at radius 2 is 0.902 bits per heavy atom. The van der Waals surface area contributed by atoms with Crippen LogP contribution >= 0.6 is 0 Å². The molecule has 0 unspecified atom stereocenters. The number of morpholine rings is 1. The number of ketones is 1. The van der Waals surface area contributed by atoms with Crippen LogP contribution in [0, 0.1) is 37.8 Å². The average molecular weight is 1660 g/mol. The second-order valence-corrected chi connectivity index (χ2v) is 27.8. The lowest BCUT2D eigenvalue weighted by molar-refractivity contribution is -0.126. The molecule has 0 aliphatic carbocycles. The summed E-state index contributed by atoms with van der Waals surface area (Å²) >= 11 is 0. The summed E-state index contributed by atoms with van der Waals surface area (Å²) in [6.45, 7) is 24.3. The lowest BCUT2D eigenvalue weighted by Crippen LogP contribution is -2.37. The third kappa shape index (κ3) is 29.8. The average Bonchev–Trinajstić information content (AvgIpc) is 0.853. The Morgan fingerprint density at radius 1 is 0.480 bits per heavy atom. The van der Waals surface area contributed by atoms with Crippen LogP contribution in [0.5, 0.6) is 11.5 Å². The van der Waals surface area contributed by atoms with Gasteiger partial charge in [0.1, 0.15) is 29.7 Å². The van der Waals surface area contributed by atoms with E-state index in [1.807, 2.05) is 161 Å². The molecule has 4 aromatic heterocycles. The number of hydrogen-bond donors (Lipinski definition) is 9. The van der Waals surface area contributed by atoms with Crippen molar-refractivity contribution in [2.24, 2.45) is 0 Å². The van der Waals surface area contributed by atoms with E-state index in [1.165, 1.54) is 18.2 Å². The molecule has 5 heterocycles. The van der Waals surface area contributed by atoms with E-state index in [9.17, 15) is 28.0 Å². The molecule has 13 rings (SSSR count). The lowest BCUT2D eigenvalue weighted by atomic mass is 10.1. The number of aromatic nitrogens is 8. The Morgan fingerprint density at radius 3 is 1.42 bits per heavy atom. The Bertz CT molecular complexity index is 5660. The van der Waals surface area contributed by atoms with Crippen LogP contribution in [0.4, 0.5) is 107 Å². The zero-order chi connectivity index (χ0) is 87.2. The lowest BCUT2D eigenvalue weighted by Gasteiger charge is -2.26. The second-order valence-electron chi connectivity index (χ2n) is 27.8. The first kappa shape index (κ1) is 89.8. The van der Waals surface area contributed by atoms with Gasteiger partial charge in [0.25, 0.3) is 0 Å². The van der Waals surface area contributed by atoms with Crippen molar-refractivity contribution in [1.29, 1.82) is 0 Å². The minimum absolute atomic E-state index is 0.00443. The van der Waals surface area contributed by atoms with Crippen LogP contribution in [0.2, 0.25) is 0 Å². The molecule has 1 aliphatic rings. The van der Waals surface area contributed by atoms with Crippen molar-refractivity contribution in [3.63, 3.8) is 0 Å². The Kier molecular flexibility index (Phi) is 34.0. The molecule has 8 aromatic carbocycles. The number of benzene rings is 8. The maximum Gasteiger partial charge on any atom is 0.247 e. The van der Waals surface area contributed by atoms with Gasteiger partial charge < -0.3 is 71.9 Å². The Labute approximate surface area is 714 Å². The summed E-state index contributed by atoms with van der Waals surface area (Å²) in [5.74, 6) is 4.69. The summed E-state index contributed by atoms with van der Waals surface area (Å²) in [4.78, 5) is 87.0. The van der Waals surface area contributed by atoms with Crippen molar-refractivity contribution in [1.82, 2.24) is 54.6 Å². The molecule has 0 saturated carbocycles. The van der Waals surface area contributed by atoms with E-state index in [4.69, 9.17) is 20.6 Å². The maximum absolute atomic E-state index is 14.4. The SMILES string of the molecule is C#CCOc1cccc(Nc2ncc(F)c(Nc3cccc(C(=O)C=C(C)C)c3)n2)c1.C=CC(=O)N(C)Cc1ccc(Nc2nc(Nc3ccccc3)ncc2C)cc1.C=CC(=O)N(C)Cc1cccc(Nc2nc(Nc3ccccc3)ncc2C)c1.C=CC(=O)Nc1cccc(Nc2nc(Nc3cccc(OCCCN4CCOCC4)c3)ncc2F)c1. The van der Waals surface area contributed by atoms with E-state index >= 15 is 0 Å². The van der Waals surface area contributed by atoms with Crippen LogP contribution in [0.15, 0.2) is 281 Å². The number of allylic oxidation sites excluding steroid dienone is 2. The minimum Gasteiger partial charge on any atom is -0.493 e. The van der Waals surface area contributed by atoms with Crippen molar-refractivity contribution >= 4 is 122 Å². The van der Waals surface area contributed by atoms with Gasteiger partial charge in [-0.15, -0.1) is 6.42 Å². The van der Waals surface area contributed by atoms with Crippen molar-refractivity contribution in [3.8, 4) is 23.8 Å². The first-order chi connectivity index (χ1) is 59.6. The van der Waals surface area contributed by atoms with Gasteiger partial charge in [-0.3, -0.25) is 24.1 Å². The maximum atomic E-state index is 14.4. The quantitative estimate of drug-likeness (QED) is 0.00799. The van der Waals surface area contributed by atoms with Gasteiger partial charge in [0.05, 0.1) is 32.2 Å². The van der Waals surface area contributed by atoms with E-state index in [-0.39, 0.29) is 53.6 Å². The van der Waals surface area contributed by atoms with E-state index in [0.717, 1.165) is 120 Å². The number of amides is 3. The molecule has 0 atom stereocenters. The number of aryl methyl sites for hydroxylation is 2. The van der Waals surface area contributed by atoms with E-state index < -0.39 is 11.6 Å². The number of carbonyl (C=O) groups is 4. The summed E-state index contributed by atoms with van der Waals surface area (Å²) in [6, 6.07) is 63.5. The molecule has 3 amide bonds. The number of anilines is 17. The number of halogens is 2. The topological polar surface area (TPSA) is 317 Å². The highest BCUT2D eigenvalue weighted by Crippen LogP contribution is 2.30. The smallest absolute Gasteiger partial charge is 0.247 e. The summed E-state index contributed by atoms with van der Waals surface area (Å²) in [5, 5.41) is 27.6. The van der Waals surface area contributed by atoms with Crippen molar-refractivity contribution in [3.05, 3.63) is 320 Å². The zero-order valence-electron chi connectivity index (χ0n) is 69.1. The fraction of sp³-hybridized carbons (Fsp3) is 0.170. The fourth-order valence-corrected chi connectivity index (χ4v) is 11.6. The third-order valence-electron chi connectivity index (χ3n) is 17.7. The number of terminal acetylenes is 1. The Hall–Kier alpha value is -15.5. The Balaban J connectivity index is 0.000000173. The van der Waals surface area contributed by atoms with Crippen LogP contribution in [0.25, 0.3) is 0 Å². The molecule has 1 fully saturated rings. The molecule has 12 aromatic rings. The van der Waals surface area contributed by atoms with Gasteiger partial charge in [0.15, 0.2) is 29.1 Å². The minimum atomic E-state index is -0.627. The molecule has 628 valence electrons. The summed E-state index contributed by atoms with van der Waals surface area (Å²) < 4.78 is 45.4. The van der Waals surface area contributed by atoms with Crippen LogP contribution in [0.1, 0.15) is 52.9 Å². The second kappa shape index (κ2) is 46.6. The summed E-state index contributed by atoms with van der Waals surface area (Å²) in [5.41, 5.74) is 12.0. The molecule has 1 aliphatic heterocycles. The standard InChI is InChI=1S/C26H29FN6O3.C24H21FN4O2.2C22H23N5O/c1-2-24(34)29-19-6-3-7-20(16-19)30-25-23(27)18-28-26(32-25)31-21-8-4-9-22(17-21)36-13-5-10-33-11-14-35-15-12-33;1-4-11-31-20-10-6-9-19(14-20)28-24-26-15-21(25)23(29-24)27-18-8-5-7-17(13-18)22(30)12-16(2)3;1-4-20(28)27(3)15-17-9-8-12-19(13-17)24-21-16(2)14-23-22(26-21)25-18-10-6-5-7-11-18;1-4-20(28)27(3)15-17-10-12-19(13-11-17)24-21-16(2)14-23-22(26-21)25-18-8-6-5-7-9-18/h2-4,6-9,16-18H,1,5,10-15H2,(H,29,34)(H2,28,30,31,32);1,5-10,12-15H,11H2,2-3H3,(H2,26,27,28,29);2*4-14H,1,15H2,2-3H3,(H2,23,24,25,26). The number of rotatable bonds is 33. The van der Waals surface area contributed by atoms with E-state index in [2.05, 4.69) is 118 Å². The predicted molar refractivity (Wildman–Crippen MR) is 483 cm³/mol. The largest absolute Gasteiger partial charge is 0.493 e. The number of nitrogens with one attached hydrogen (secondary N) is 9. The first-order valence-electron chi connectivity index (χ1n) is 39.1. The molecule has 29 heteroatoms. The number of para-hydroxylation sites is 2. The molecule has 123 heavy (non-hydrogen) atoms. The molecule has 0 spiro atoms. The van der Waals surface area contributed by atoms with Gasteiger partial charge in [0.2, 0.25) is 41.5 Å². The fourth-order valence-electron chi connectivity index (χ4n) is 11.6. The zero-order valence-corrected chi connectivity index (χ0v) is 69.1. The summed E-state index contributed by atoms with van der Waals surface area (Å²) in [6.07, 6.45) is 17.2. The van der Waals surface area contributed by atoms with Crippen molar-refractivity contribution < 1.29 is 42.2 Å². The van der Waals surface area contributed by atoms with Gasteiger partial charge in [0, 0.05) is 139 Å².